The molecule has 0 aliphatic carbocycles. The lowest BCUT2D eigenvalue weighted by Crippen LogP contribution is -2.54. The van der Waals surface area contributed by atoms with E-state index in [1.165, 1.54) is 24.3 Å². The van der Waals surface area contributed by atoms with Crippen LogP contribution in [-0.4, -0.2) is 53.0 Å². The fraction of sp³-hybridized carbons (Fsp3) is 0.217. The van der Waals surface area contributed by atoms with Crippen molar-refractivity contribution in [2.45, 2.75) is 18.3 Å². The lowest BCUT2D eigenvalue weighted by Gasteiger charge is -2.34. The van der Waals surface area contributed by atoms with E-state index in [0.29, 0.717) is 0 Å². The molecule has 0 radical (unpaired) electrons. The summed E-state index contributed by atoms with van der Waals surface area (Å²) in [5.41, 5.74) is -0.486. The van der Waals surface area contributed by atoms with Crippen molar-refractivity contribution < 1.29 is 48.0 Å². The molecule has 174 valence electrons. The highest BCUT2D eigenvalue weighted by Crippen LogP contribution is 2.41. The van der Waals surface area contributed by atoms with Crippen molar-refractivity contribution in [3.63, 3.8) is 0 Å². The highest BCUT2D eigenvalue weighted by Gasteiger charge is 2.52. The molecule has 4 bridgehead atoms. The van der Waals surface area contributed by atoms with Crippen LogP contribution < -0.4 is 19.6 Å². The second kappa shape index (κ2) is 7.89. The van der Waals surface area contributed by atoms with Crippen molar-refractivity contribution in [2.75, 3.05) is 13.2 Å². The van der Waals surface area contributed by atoms with Gasteiger partial charge in [-0.3, -0.25) is 9.59 Å². The Hall–Kier alpha value is -4.38. The molecule has 3 aliphatic heterocycles. The number of hydrogen-bond donors (Lipinski definition) is 2. The molecular formula is C23H16O11. The van der Waals surface area contributed by atoms with Gasteiger partial charge in [0, 0.05) is 6.07 Å². The largest absolute Gasteiger partial charge is 0.490 e. The average Bonchev–Trinajstić information content (AvgIpc) is 2.87. The third-order valence-electron chi connectivity index (χ3n) is 5.39. The van der Waals surface area contributed by atoms with Crippen LogP contribution in [0.5, 0.6) is 17.2 Å². The summed E-state index contributed by atoms with van der Waals surface area (Å²) in [7, 11) is 0. The van der Waals surface area contributed by atoms with Crippen LogP contribution in [0.15, 0.2) is 51.7 Å². The first-order valence-electron chi connectivity index (χ1n) is 10.1. The summed E-state index contributed by atoms with van der Waals surface area (Å²) in [6.07, 6.45) is -1.59. The van der Waals surface area contributed by atoms with Gasteiger partial charge in [-0.05, 0) is 24.3 Å². The van der Waals surface area contributed by atoms with Crippen molar-refractivity contribution in [1.29, 1.82) is 0 Å². The zero-order valence-electron chi connectivity index (χ0n) is 17.3. The normalized spacial score (nSPS) is 21.1. The van der Waals surface area contributed by atoms with Gasteiger partial charge in [0.05, 0.1) is 6.42 Å². The third kappa shape index (κ3) is 3.52. The van der Waals surface area contributed by atoms with E-state index in [9.17, 15) is 24.3 Å². The van der Waals surface area contributed by atoms with E-state index >= 15 is 0 Å². The van der Waals surface area contributed by atoms with Gasteiger partial charge in [0.2, 0.25) is 5.76 Å². The fourth-order valence-electron chi connectivity index (χ4n) is 3.89. The van der Waals surface area contributed by atoms with Gasteiger partial charge < -0.3 is 33.6 Å². The molecule has 0 spiro atoms. The first-order valence-corrected chi connectivity index (χ1v) is 10.1. The summed E-state index contributed by atoms with van der Waals surface area (Å²) >= 11 is 0. The second-order valence-electron chi connectivity index (χ2n) is 7.66. The van der Waals surface area contributed by atoms with Crippen LogP contribution >= 0.6 is 0 Å². The van der Waals surface area contributed by atoms with Crippen LogP contribution in [0.3, 0.4) is 0 Å². The molecule has 0 amide bonds. The minimum Gasteiger partial charge on any atom is -0.490 e. The number of fused-ring (bicyclic) bond motifs is 5. The molecule has 11 nitrogen and oxygen atoms in total. The Balaban J connectivity index is 1.46. The summed E-state index contributed by atoms with van der Waals surface area (Å²) in [4.78, 5) is 48.5. The van der Waals surface area contributed by atoms with Crippen LogP contribution in [0.25, 0.3) is 11.0 Å². The highest BCUT2D eigenvalue weighted by molar-refractivity contribution is 6.05. The fourth-order valence-corrected chi connectivity index (χ4v) is 3.89. The maximum absolute atomic E-state index is 12.7. The van der Waals surface area contributed by atoms with E-state index in [4.69, 9.17) is 28.5 Å². The number of carbonyl (C=O) groups is 3. The second-order valence-corrected chi connectivity index (χ2v) is 7.66. The van der Waals surface area contributed by atoms with Crippen molar-refractivity contribution >= 4 is 28.7 Å². The first kappa shape index (κ1) is 21.5. The number of carboxylic acid groups (broad SMARTS) is 2. The Morgan fingerprint density at radius 1 is 1.09 bits per heavy atom. The maximum atomic E-state index is 12.7. The minimum absolute atomic E-state index is 0.00133. The summed E-state index contributed by atoms with van der Waals surface area (Å²) in [6.45, 7) is -0.456. The Morgan fingerprint density at radius 2 is 1.85 bits per heavy atom. The number of ketones is 1. The third-order valence-corrected chi connectivity index (χ3v) is 5.39. The van der Waals surface area contributed by atoms with Crippen LogP contribution in [0, 0.1) is 0 Å². The SMILES string of the molecule is O=C(O)c1cc(=O)c2c(OCC3COc4cccc5c4C(=O)CC(C(=O)O)(O5)O3)cccc2o1. The van der Waals surface area contributed by atoms with Gasteiger partial charge in [0.1, 0.15) is 53.1 Å². The van der Waals surface area contributed by atoms with E-state index in [0.717, 1.165) is 6.07 Å². The first-order chi connectivity index (χ1) is 16.3. The van der Waals surface area contributed by atoms with Gasteiger partial charge in [0.15, 0.2) is 11.2 Å². The van der Waals surface area contributed by atoms with Crippen LogP contribution in [0.2, 0.25) is 0 Å². The van der Waals surface area contributed by atoms with Gasteiger partial charge in [-0.25, -0.2) is 9.59 Å². The lowest BCUT2D eigenvalue weighted by atomic mass is 9.97. The lowest BCUT2D eigenvalue weighted by molar-refractivity contribution is -0.232. The molecule has 1 aromatic heterocycles. The van der Waals surface area contributed by atoms with Crippen molar-refractivity contribution in [2.24, 2.45) is 0 Å². The summed E-state index contributed by atoms with van der Waals surface area (Å²) in [5.74, 6) is -5.85. The molecule has 2 unspecified atom stereocenters. The predicted molar refractivity (Wildman–Crippen MR) is 112 cm³/mol. The quantitative estimate of drug-likeness (QED) is 0.564. The van der Waals surface area contributed by atoms with Crippen molar-refractivity contribution in [3.05, 3.63) is 64.0 Å². The monoisotopic (exact) mass is 468 g/mol. The molecule has 11 heteroatoms. The summed E-state index contributed by atoms with van der Waals surface area (Å²) < 4.78 is 28.1. The maximum Gasteiger partial charge on any atom is 0.377 e. The Morgan fingerprint density at radius 3 is 2.62 bits per heavy atom. The number of carboxylic acids is 2. The standard InChI is InChI=1S/C23H16O11/c24-12-7-18(21(26)27)32-16-5-1-3-14(19(12)16)30-9-11-10-31-15-4-2-6-17-20(15)13(25)8-23(33-11,34-17)22(28)29/h1-7,11H,8-10H2,(H,26,27)(H,28,29). The van der Waals surface area contributed by atoms with Crippen LogP contribution in [0.4, 0.5) is 0 Å². The molecule has 4 heterocycles. The molecule has 6 rings (SSSR count). The number of carbonyl (C=O) groups excluding carboxylic acids is 1. The zero-order valence-corrected chi connectivity index (χ0v) is 17.3. The Bertz CT molecular complexity index is 1410. The van der Waals surface area contributed by atoms with Gasteiger partial charge >= 0.3 is 17.7 Å². The molecular weight excluding hydrogens is 452 g/mol. The molecule has 2 atom stereocenters. The number of rotatable bonds is 5. The Labute approximate surface area is 190 Å². The molecule has 3 aromatic rings. The average molecular weight is 468 g/mol. The molecule has 0 saturated heterocycles. The molecule has 0 saturated carbocycles. The summed E-state index contributed by atoms with van der Waals surface area (Å²) in [5, 5.41) is 18.9. The molecule has 0 fully saturated rings. The van der Waals surface area contributed by atoms with Gasteiger partial charge in [-0.1, -0.05) is 12.1 Å². The number of aliphatic carboxylic acids is 1. The van der Waals surface area contributed by atoms with Gasteiger partial charge in [-0.2, -0.15) is 0 Å². The molecule has 2 aromatic carbocycles. The summed E-state index contributed by atoms with van der Waals surface area (Å²) in [6, 6.07) is 9.81. The topological polar surface area (TPSA) is 159 Å². The number of hydrogen-bond acceptors (Lipinski definition) is 9. The van der Waals surface area contributed by atoms with Crippen molar-refractivity contribution in [3.8, 4) is 17.2 Å². The number of ether oxygens (including phenoxy) is 4. The van der Waals surface area contributed by atoms with E-state index < -0.39 is 47.2 Å². The number of aromatic carboxylic acids is 1. The van der Waals surface area contributed by atoms with Crippen LogP contribution in [-0.2, 0) is 9.53 Å². The minimum atomic E-state index is -2.28. The van der Waals surface area contributed by atoms with Crippen molar-refractivity contribution in [1.82, 2.24) is 0 Å². The van der Waals surface area contributed by atoms with Gasteiger partial charge in [0.25, 0.3) is 0 Å². The Kier molecular flexibility index (Phi) is 4.98. The molecule has 34 heavy (non-hydrogen) atoms. The van der Waals surface area contributed by atoms with Gasteiger partial charge in [-0.15, -0.1) is 0 Å². The molecule has 2 N–H and O–H groups in total. The van der Waals surface area contributed by atoms with Crippen LogP contribution in [0.1, 0.15) is 27.3 Å². The predicted octanol–water partition coefficient (Wildman–Crippen LogP) is 2.09. The zero-order chi connectivity index (χ0) is 24.0. The van der Waals surface area contributed by atoms with E-state index in [1.807, 2.05) is 0 Å². The number of benzene rings is 2. The molecule has 3 aliphatic rings. The van der Waals surface area contributed by atoms with E-state index in [-0.39, 0.29) is 47.0 Å². The number of Topliss-reactive ketones (excluding diaryl/α,β-unsaturated/α-hetero) is 1. The van der Waals surface area contributed by atoms with E-state index in [2.05, 4.69) is 0 Å². The van der Waals surface area contributed by atoms with E-state index in [1.54, 1.807) is 12.1 Å². The highest BCUT2D eigenvalue weighted by atomic mass is 16.7. The smallest absolute Gasteiger partial charge is 0.377 e.